The Labute approximate surface area is 69.9 Å². The van der Waals surface area contributed by atoms with Crippen molar-refractivity contribution in [2.75, 3.05) is 7.11 Å². The van der Waals surface area contributed by atoms with Gasteiger partial charge in [0.1, 0.15) is 4.51 Å². The van der Waals surface area contributed by atoms with Gasteiger partial charge in [-0.15, -0.1) is 0 Å². The van der Waals surface area contributed by atoms with Crippen molar-refractivity contribution in [1.29, 1.82) is 0 Å². The summed E-state index contributed by atoms with van der Waals surface area (Å²) in [5, 5.41) is 0. The normalized spacial score (nSPS) is 38.5. The van der Waals surface area contributed by atoms with Gasteiger partial charge in [0, 0.05) is 13.0 Å². The summed E-state index contributed by atoms with van der Waals surface area (Å²) in [6.45, 7) is 2.11. The van der Waals surface area contributed by atoms with Crippen molar-refractivity contribution < 1.29 is 4.74 Å². The zero-order valence-corrected chi connectivity index (χ0v) is 7.76. The molecule has 0 heterocycles. The molecule has 0 aliphatic heterocycles. The fourth-order valence-corrected chi connectivity index (χ4v) is 1.26. The lowest BCUT2D eigenvalue weighted by atomic mass is 10.00. The van der Waals surface area contributed by atoms with Crippen LogP contribution in [0.15, 0.2) is 24.3 Å². The molecule has 2 atom stereocenters. The van der Waals surface area contributed by atoms with Crippen LogP contribution in [0.3, 0.4) is 0 Å². The maximum Gasteiger partial charge on any atom is 0.147 e. The van der Waals surface area contributed by atoms with Crippen LogP contribution in [0.25, 0.3) is 0 Å². The van der Waals surface area contributed by atoms with Crippen molar-refractivity contribution >= 4 is 15.9 Å². The third-order valence-electron chi connectivity index (χ3n) is 1.77. The predicted molar refractivity (Wildman–Crippen MR) is 46.1 cm³/mol. The van der Waals surface area contributed by atoms with Crippen LogP contribution in [-0.2, 0) is 4.74 Å². The molecule has 0 N–H and O–H groups in total. The lowest BCUT2D eigenvalue weighted by molar-refractivity contribution is 0.0876. The van der Waals surface area contributed by atoms with Crippen LogP contribution in [0.5, 0.6) is 0 Å². The van der Waals surface area contributed by atoms with E-state index in [1.807, 2.05) is 18.2 Å². The lowest BCUT2D eigenvalue weighted by Gasteiger charge is -2.28. The van der Waals surface area contributed by atoms with E-state index in [-0.39, 0.29) is 4.51 Å². The van der Waals surface area contributed by atoms with Crippen molar-refractivity contribution in [3.8, 4) is 0 Å². The van der Waals surface area contributed by atoms with Crippen LogP contribution in [-0.4, -0.2) is 11.6 Å². The first kappa shape index (κ1) is 8.02. The average Bonchev–Trinajstić information content (AvgIpc) is 1.96. The van der Waals surface area contributed by atoms with Gasteiger partial charge in [-0.05, 0) is 22.0 Å². The minimum absolute atomic E-state index is 0.276. The van der Waals surface area contributed by atoms with Crippen LogP contribution in [0, 0.1) is 5.92 Å². The standard InChI is InChI=1S/C8H11BrO/c1-7-5-3-4-6-8(7,9)10-2/h3-7H,1-2H3. The number of halogens is 1. The number of allylic oxidation sites excluding steroid dienone is 2. The second kappa shape index (κ2) is 2.89. The first-order chi connectivity index (χ1) is 4.69. The number of hydrogen-bond donors (Lipinski definition) is 0. The molecule has 0 saturated heterocycles. The minimum atomic E-state index is -0.276. The summed E-state index contributed by atoms with van der Waals surface area (Å²) in [7, 11) is 1.70. The SMILES string of the molecule is COC1(Br)C=CC=CC1C. The van der Waals surface area contributed by atoms with E-state index in [0.29, 0.717) is 5.92 Å². The van der Waals surface area contributed by atoms with Gasteiger partial charge in [-0.3, -0.25) is 0 Å². The van der Waals surface area contributed by atoms with E-state index in [4.69, 9.17) is 4.74 Å². The molecule has 0 fully saturated rings. The monoisotopic (exact) mass is 202 g/mol. The molecule has 0 radical (unpaired) electrons. The summed E-state index contributed by atoms with van der Waals surface area (Å²) in [5.41, 5.74) is 0. The molecule has 0 saturated carbocycles. The van der Waals surface area contributed by atoms with Crippen molar-refractivity contribution in [3.63, 3.8) is 0 Å². The Morgan fingerprint density at radius 2 is 2.20 bits per heavy atom. The van der Waals surface area contributed by atoms with Gasteiger partial charge in [-0.1, -0.05) is 25.2 Å². The molecule has 10 heavy (non-hydrogen) atoms. The van der Waals surface area contributed by atoms with Gasteiger partial charge in [0.25, 0.3) is 0 Å². The van der Waals surface area contributed by atoms with Gasteiger partial charge in [0.15, 0.2) is 0 Å². The topological polar surface area (TPSA) is 9.23 Å². The van der Waals surface area contributed by atoms with Gasteiger partial charge in [0.05, 0.1) is 0 Å². The zero-order valence-electron chi connectivity index (χ0n) is 6.17. The zero-order chi connectivity index (χ0) is 7.61. The average molecular weight is 203 g/mol. The van der Waals surface area contributed by atoms with Gasteiger partial charge < -0.3 is 4.74 Å². The maximum absolute atomic E-state index is 5.27. The molecule has 0 aromatic heterocycles. The van der Waals surface area contributed by atoms with Gasteiger partial charge in [0.2, 0.25) is 0 Å². The van der Waals surface area contributed by atoms with Crippen LogP contribution in [0.4, 0.5) is 0 Å². The van der Waals surface area contributed by atoms with Gasteiger partial charge in [-0.25, -0.2) is 0 Å². The Balaban J connectivity index is 2.77. The summed E-state index contributed by atoms with van der Waals surface area (Å²) in [5.74, 6) is 0.391. The molecule has 0 spiro atoms. The Hall–Kier alpha value is -0.0800. The number of ether oxygens (including phenoxy) is 1. The molecular weight excluding hydrogens is 192 g/mol. The minimum Gasteiger partial charge on any atom is -0.363 e. The molecule has 2 heteroatoms. The van der Waals surface area contributed by atoms with E-state index < -0.39 is 0 Å². The fraction of sp³-hybridized carbons (Fsp3) is 0.500. The van der Waals surface area contributed by atoms with E-state index in [9.17, 15) is 0 Å². The molecule has 2 unspecified atom stereocenters. The Kier molecular flexibility index (Phi) is 2.32. The highest BCUT2D eigenvalue weighted by molar-refractivity contribution is 9.10. The highest BCUT2D eigenvalue weighted by Crippen LogP contribution is 2.33. The number of hydrogen-bond acceptors (Lipinski definition) is 1. The molecule has 1 aliphatic rings. The number of alkyl halides is 1. The third kappa shape index (κ3) is 1.32. The Morgan fingerprint density at radius 3 is 2.60 bits per heavy atom. The fourth-order valence-electron chi connectivity index (χ4n) is 0.955. The first-order valence-electron chi connectivity index (χ1n) is 3.29. The molecule has 0 aromatic rings. The van der Waals surface area contributed by atoms with Crippen molar-refractivity contribution in [2.45, 2.75) is 11.4 Å². The maximum atomic E-state index is 5.27. The quantitative estimate of drug-likeness (QED) is 0.595. The van der Waals surface area contributed by atoms with Crippen LogP contribution in [0.2, 0.25) is 0 Å². The van der Waals surface area contributed by atoms with Crippen LogP contribution >= 0.6 is 15.9 Å². The second-order valence-electron chi connectivity index (χ2n) is 2.43. The number of rotatable bonds is 1. The Morgan fingerprint density at radius 1 is 1.50 bits per heavy atom. The molecule has 1 aliphatic carbocycles. The summed E-state index contributed by atoms with van der Waals surface area (Å²) in [4.78, 5) is 0. The van der Waals surface area contributed by atoms with E-state index in [1.54, 1.807) is 7.11 Å². The Bertz CT molecular complexity index is 174. The smallest absolute Gasteiger partial charge is 0.147 e. The molecular formula is C8H11BrO. The van der Waals surface area contributed by atoms with Gasteiger partial charge >= 0.3 is 0 Å². The first-order valence-corrected chi connectivity index (χ1v) is 4.08. The van der Waals surface area contributed by atoms with Crippen LogP contribution in [0.1, 0.15) is 6.92 Å². The summed E-state index contributed by atoms with van der Waals surface area (Å²) < 4.78 is 4.99. The summed E-state index contributed by atoms with van der Waals surface area (Å²) >= 11 is 3.50. The van der Waals surface area contributed by atoms with E-state index >= 15 is 0 Å². The van der Waals surface area contributed by atoms with Crippen molar-refractivity contribution in [2.24, 2.45) is 5.92 Å². The van der Waals surface area contributed by atoms with E-state index in [1.165, 1.54) is 0 Å². The summed E-state index contributed by atoms with van der Waals surface area (Å²) in [6.07, 6.45) is 8.14. The van der Waals surface area contributed by atoms with Crippen molar-refractivity contribution in [3.05, 3.63) is 24.3 Å². The predicted octanol–water partition coefficient (Wildman–Crippen LogP) is 2.49. The lowest BCUT2D eigenvalue weighted by Crippen LogP contribution is -2.29. The van der Waals surface area contributed by atoms with E-state index in [2.05, 4.69) is 28.9 Å². The molecule has 1 nitrogen and oxygen atoms in total. The van der Waals surface area contributed by atoms with Gasteiger partial charge in [-0.2, -0.15) is 0 Å². The van der Waals surface area contributed by atoms with E-state index in [0.717, 1.165) is 0 Å². The number of methoxy groups -OCH3 is 1. The highest BCUT2D eigenvalue weighted by atomic mass is 79.9. The molecule has 56 valence electrons. The highest BCUT2D eigenvalue weighted by Gasteiger charge is 2.29. The van der Waals surface area contributed by atoms with Crippen LogP contribution < -0.4 is 0 Å². The molecule has 0 amide bonds. The van der Waals surface area contributed by atoms with Crippen molar-refractivity contribution in [1.82, 2.24) is 0 Å². The summed E-state index contributed by atoms with van der Waals surface area (Å²) in [6, 6.07) is 0. The third-order valence-corrected chi connectivity index (χ3v) is 3.08. The molecule has 0 bridgehead atoms. The molecule has 1 rings (SSSR count). The largest absolute Gasteiger partial charge is 0.363 e. The molecule has 0 aromatic carbocycles. The second-order valence-corrected chi connectivity index (χ2v) is 3.67.